The monoisotopic (exact) mass is 496 g/mol. The van der Waals surface area contributed by atoms with Gasteiger partial charge in [0.2, 0.25) is 5.91 Å². The quantitative estimate of drug-likeness (QED) is 0.379. The number of likely N-dealkylation sites (tertiary alicyclic amines) is 1. The van der Waals surface area contributed by atoms with Gasteiger partial charge < -0.3 is 15.5 Å². The van der Waals surface area contributed by atoms with Crippen molar-refractivity contribution in [2.24, 2.45) is 10.9 Å². The predicted octanol–water partition coefficient (Wildman–Crippen LogP) is 2.41. The average Bonchev–Trinajstić information content (AvgIpc) is 3.36. The SMILES string of the molecule is CN=C(NCc1cccc(-n2cccn2)c1)NC1CCN(C(=O)C(C)C)C1.I. The van der Waals surface area contributed by atoms with Gasteiger partial charge in [-0.25, -0.2) is 4.68 Å². The average molecular weight is 496 g/mol. The zero-order valence-electron chi connectivity index (χ0n) is 16.6. The van der Waals surface area contributed by atoms with Crippen molar-refractivity contribution < 1.29 is 4.79 Å². The summed E-state index contributed by atoms with van der Waals surface area (Å²) in [6.45, 7) is 6.09. The molecule has 2 N–H and O–H groups in total. The number of guanidine groups is 1. The third-order valence-electron chi connectivity index (χ3n) is 4.70. The number of carbonyl (C=O) groups excluding carboxylic acids is 1. The fraction of sp³-hybridized carbons (Fsp3) is 0.450. The molecule has 7 nitrogen and oxygen atoms in total. The molecule has 1 amide bonds. The van der Waals surface area contributed by atoms with Crippen molar-refractivity contribution in [1.82, 2.24) is 25.3 Å². The zero-order valence-corrected chi connectivity index (χ0v) is 19.0. The first-order valence-electron chi connectivity index (χ1n) is 9.41. The van der Waals surface area contributed by atoms with Crippen LogP contribution in [-0.2, 0) is 11.3 Å². The number of carbonyl (C=O) groups is 1. The van der Waals surface area contributed by atoms with Crippen molar-refractivity contribution >= 4 is 35.8 Å². The summed E-state index contributed by atoms with van der Waals surface area (Å²) in [4.78, 5) is 18.4. The molecule has 152 valence electrons. The van der Waals surface area contributed by atoms with E-state index in [-0.39, 0.29) is 41.8 Å². The van der Waals surface area contributed by atoms with Crippen LogP contribution in [-0.4, -0.2) is 52.7 Å². The zero-order chi connectivity index (χ0) is 19.2. The van der Waals surface area contributed by atoms with Crippen LogP contribution in [0.5, 0.6) is 0 Å². The number of hydrogen-bond donors (Lipinski definition) is 2. The maximum Gasteiger partial charge on any atom is 0.225 e. The molecule has 1 atom stereocenters. The molecule has 0 spiro atoms. The molecule has 3 rings (SSSR count). The first kappa shape index (κ1) is 22.2. The van der Waals surface area contributed by atoms with Gasteiger partial charge >= 0.3 is 0 Å². The Morgan fingerprint density at radius 3 is 2.86 bits per heavy atom. The summed E-state index contributed by atoms with van der Waals surface area (Å²) in [5.41, 5.74) is 2.18. The Balaban J connectivity index is 0.00000280. The summed E-state index contributed by atoms with van der Waals surface area (Å²) in [7, 11) is 1.77. The fourth-order valence-electron chi connectivity index (χ4n) is 3.25. The number of nitrogens with zero attached hydrogens (tertiary/aromatic N) is 4. The molecule has 1 aliphatic heterocycles. The van der Waals surface area contributed by atoms with Gasteiger partial charge in [0, 0.05) is 51.0 Å². The van der Waals surface area contributed by atoms with Crippen LogP contribution in [0.1, 0.15) is 25.8 Å². The molecular formula is C20H29IN6O. The van der Waals surface area contributed by atoms with Gasteiger partial charge in [0.15, 0.2) is 5.96 Å². The van der Waals surface area contributed by atoms with Crippen LogP contribution < -0.4 is 10.6 Å². The Bertz CT molecular complexity index is 790. The minimum Gasteiger partial charge on any atom is -0.352 e. The van der Waals surface area contributed by atoms with Crippen molar-refractivity contribution in [2.75, 3.05) is 20.1 Å². The highest BCUT2D eigenvalue weighted by Crippen LogP contribution is 2.13. The van der Waals surface area contributed by atoms with E-state index in [0.29, 0.717) is 6.54 Å². The number of benzene rings is 1. The lowest BCUT2D eigenvalue weighted by Gasteiger charge is -2.20. The molecule has 1 aromatic carbocycles. The Labute approximate surface area is 183 Å². The maximum absolute atomic E-state index is 12.1. The Morgan fingerprint density at radius 2 is 2.18 bits per heavy atom. The van der Waals surface area contributed by atoms with Crippen LogP contribution in [0.4, 0.5) is 0 Å². The molecule has 0 bridgehead atoms. The van der Waals surface area contributed by atoms with Crippen LogP contribution in [0.2, 0.25) is 0 Å². The van der Waals surface area contributed by atoms with Gasteiger partial charge in [0.25, 0.3) is 0 Å². The van der Waals surface area contributed by atoms with Gasteiger partial charge in [-0.3, -0.25) is 9.79 Å². The minimum absolute atomic E-state index is 0. The first-order valence-corrected chi connectivity index (χ1v) is 9.41. The fourth-order valence-corrected chi connectivity index (χ4v) is 3.25. The molecule has 28 heavy (non-hydrogen) atoms. The van der Waals surface area contributed by atoms with Gasteiger partial charge in [0.1, 0.15) is 0 Å². The van der Waals surface area contributed by atoms with E-state index in [1.54, 1.807) is 13.2 Å². The normalized spacial score (nSPS) is 16.8. The van der Waals surface area contributed by atoms with Gasteiger partial charge in [-0.1, -0.05) is 26.0 Å². The number of nitrogens with one attached hydrogen (secondary N) is 2. The molecular weight excluding hydrogens is 467 g/mol. The van der Waals surface area contributed by atoms with E-state index in [2.05, 4.69) is 32.9 Å². The summed E-state index contributed by atoms with van der Waals surface area (Å²) in [5.74, 6) is 1.02. The van der Waals surface area contributed by atoms with E-state index in [1.165, 1.54) is 0 Å². The van der Waals surface area contributed by atoms with E-state index in [9.17, 15) is 4.79 Å². The molecule has 0 saturated carbocycles. The van der Waals surface area contributed by atoms with Crippen LogP contribution in [0.3, 0.4) is 0 Å². The van der Waals surface area contributed by atoms with Crippen molar-refractivity contribution in [3.05, 3.63) is 48.3 Å². The lowest BCUT2D eigenvalue weighted by molar-refractivity contribution is -0.133. The number of hydrogen-bond acceptors (Lipinski definition) is 3. The molecule has 0 radical (unpaired) electrons. The highest BCUT2D eigenvalue weighted by molar-refractivity contribution is 14.0. The number of halogens is 1. The lowest BCUT2D eigenvalue weighted by atomic mass is 10.2. The second kappa shape index (κ2) is 10.4. The molecule has 1 unspecified atom stereocenters. The van der Waals surface area contributed by atoms with Gasteiger partial charge in [-0.2, -0.15) is 5.10 Å². The summed E-state index contributed by atoms with van der Waals surface area (Å²) in [6.07, 6.45) is 4.64. The summed E-state index contributed by atoms with van der Waals surface area (Å²) >= 11 is 0. The maximum atomic E-state index is 12.1. The number of aliphatic imine (C=N–C) groups is 1. The third kappa shape index (κ3) is 5.70. The van der Waals surface area contributed by atoms with Crippen molar-refractivity contribution in [2.45, 2.75) is 32.9 Å². The highest BCUT2D eigenvalue weighted by atomic mass is 127. The van der Waals surface area contributed by atoms with Gasteiger partial charge in [-0.05, 0) is 30.2 Å². The molecule has 2 aromatic rings. The van der Waals surface area contributed by atoms with Crippen LogP contribution in [0, 0.1) is 5.92 Å². The second-order valence-electron chi connectivity index (χ2n) is 7.12. The topological polar surface area (TPSA) is 74.6 Å². The predicted molar refractivity (Wildman–Crippen MR) is 122 cm³/mol. The minimum atomic E-state index is 0. The van der Waals surface area contributed by atoms with Crippen molar-refractivity contribution in [3.63, 3.8) is 0 Å². The number of aromatic nitrogens is 2. The molecule has 8 heteroatoms. The van der Waals surface area contributed by atoms with Crippen molar-refractivity contribution in [1.29, 1.82) is 0 Å². The van der Waals surface area contributed by atoms with E-state index in [4.69, 9.17) is 0 Å². The number of rotatable bonds is 5. The van der Waals surface area contributed by atoms with E-state index < -0.39 is 0 Å². The molecule has 1 aliphatic rings. The molecule has 1 aromatic heterocycles. The first-order chi connectivity index (χ1) is 13.1. The molecule has 1 fully saturated rings. The third-order valence-corrected chi connectivity index (χ3v) is 4.70. The van der Waals surface area contributed by atoms with E-state index >= 15 is 0 Å². The van der Waals surface area contributed by atoms with Gasteiger partial charge in [0.05, 0.1) is 5.69 Å². The summed E-state index contributed by atoms with van der Waals surface area (Å²) < 4.78 is 1.84. The van der Waals surface area contributed by atoms with Crippen LogP contribution in [0.15, 0.2) is 47.7 Å². The summed E-state index contributed by atoms with van der Waals surface area (Å²) in [6, 6.07) is 10.4. The number of amides is 1. The van der Waals surface area contributed by atoms with E-state index in [0.717, 1.165) is 36.7 Å². The van der Waals surface area contributed by atoms with Crippen molar-refractivity contribution in [3.8, 4) is 5.69 Å². The summed E-state index contributed by atoms with van der Waals surface area (Å²) in [5, 5.41) is 11.1. The molecule has 0 aliphatic carbocycles. The Kier molecular flexibility index (Phi) is 8.28. The molecule has 1 saturated heterocycles. The molecule has 2 heterocycles. The van der Waals surface area contributed by atoms with Gasteiger partial charge in [-0.15, -0.1) is 24.0 Å². The van der Waals surface area contributed by atoms with Crippen LogP contribution >= 0.6 is 24.0 Å². The second-order valence-corrected chi connectivity index (χ2v) is 7.12. The smallest absolute Gasteiger partial charge is 0.225 e. The Morgan fingerprint density at radius 1 is 1.36 bits per heavy atom. The largest absolute Gasteiger partial charge is 0.352 e. The van der Waals surface area contributed by atoms with E-state index in [1.807, 2.05) is 47.8 Å². The van der Waals surface area contributed by atoms with Crippen LogP contribution in [0.25, 0.3) is 5.69 Å². The standard InChI is InChI=1S/C20H28N6O.HI/c1-15(2)19(27)25-11-8-17(14-25)24-20(21-3)22-13-16-6-4-7-18(12-16)26-10-5-9-23-26;/h4-7,9-10,12,15,17H,8,11,13-14H2,1-3H3,(H2,21,22,24);1H. The lowest BCUT2D eigenvalue weighted by Crippen LogP contribution is -2.45. The highest BCUT2D eigenvalue weighted by Gasteiger charge is 2.27. The Hall–Kier alpha value is -2.10.